The van der Waals surface area contributed by atoms with Crippen LogP contribution in [0.25, 0.3) is 0 Å². The summed E-state index contributed by atoms with van der Waals surface area (Å²) in [6, 6.07) is 0. The van der Waals surface area contributed by atoms with Crippen LogP contribution in [0.1, 0.15) is 6.92 Å². The molecule has 35 valence electrons. The van der Waals surface area contributed by atoms with Crippen LogP contribution in [0.15, 0.2) is 6.08 Å². The summed E-state index contributed by atoms with van der Waals surface area (Å²) in [6.07, 6.45) is 4.54. The summed E-state index contributed by atoms with van der Waals surface area (Å²) in [5, 5.41) is 0. The average molecular weight is 170 g/mol. The molecule has 0 unspecified atom stereocenters. The Bertz CT molecular complexity index is 49.5. The van der Waals surface area contributed by atoms with Gasteiger partial charge in [-0.3, -0.25) is 6.08 Å². The number of carbonyl (C=O) groups is 1. The van der Waals surface area contributed by atoms with Gasteiger partial charge in [-0.15, -0.1) is 6.92 Å². The number of aldehydes is 1. The zero-order valence-electron chi connectivity index (χ0n) is 3.42. The Labute approximate surface area is 50.2 Å². The molecule has 1 radical (unpaired) electrons. The zero-order chi connectivity index (χ0) is 4.12. The first-order valence-corrected chi connectivity index (χ1v) is 1.36. The van der Waals surface area contributed by atoms with Gasteiger partial charge >= 0.3 is 19.5 Å². The normalized spacial score (nSPS) is 7.50. The van der Waals surface area contributed by atoms with E-state index in [1.54, 1.807) is 6.92 Å². The molecule has 0 N–H and O–H groups in total. The SMILES string of the molecule is C[C-]=CC=O.[Ru+]. The van der Waals surface area contributed by atoms with E-state index in [4.69, 9.17) is 0 Å². The summed E-state index contributed by atoms with van der Waals surface area (Å²) in [5.41, 5.74) is 0. The molecule has 2 heteroatoms. The minimum Gasteiger partial charge on any atom is -0.410 e. The van der Waals surface area contributed by atoms with Crippen molar-refractivity contribution < 1.29 is 24.3 Å². The molecule has 0 aliphatic rings. The van der Waals surface area contributed by atoms with E-state index in [0.29, 0.717) is 6.29 Å². The first-order valence-electron chi connectivity index (χ1n) is 1.36. The van der Waals surface area contributed by atoms with Gasteiger partial charge in [-0.1, -0.05) is 0 Å². The fourth-order valence-corrected chi connectivity index (χ4v) is 0.0680. The molecule has 0 heterocycles. The second kappa shape index (κ2) is 8.90. The van der Waals surface area contributed by atoms with Crippen molar-refractivity contribution in [1.82, 2.24) is 0 Å². The van der Waals surface area contributed by atoms with Crippen LogP contribution >= 0.6 is 0 Å². The van der Waals surface area contributed by atoms with E-state index < -0.39 is 0 Å². The van der Waals surface area contributed by atoms with Crippen molar-refractivity contribution in [1.29, 1.82) is 0 Å². The van der Waals surface area contributed by atoms with Crippen LogP contribution in [0.2, 0.25) is 0 Å². The fraction of sp³-hybridized carbons (Fsp3) is 0.250. The van der Waals surface area contributed by atoms with E-state index >= 15 is 0 Å². The molecule has 0 bridgehead atoms. The van der Waals surface area contributed by atoms with Crippen molar-refractivity contribution in [2.45, 2.75) is 6.92 Å². The topological polar surface area (TPSA) is 17.1 Å². The monoisotopic (exact) mass is 171 g/mol. The smallest absolute Gasteiger partial charge is 0.410 e. The molecule has 0 spiro atoms. The Morgan fingerprint density at radius 2 is 2.17 bits per heavy atom. The molecule has 0 fully saturated rings. The fourth-order valence-electron chi connectivity index (χ4n) is 0.0680. The molecule has 0 aliphatic heterocycles. The van der Waals surface area contributed by atoms with Gasteiger partial charge in [0.05, 0.1) is 0 Å². The van der Waals surface area contributed by atoms with E-state index in [-0.39, 0.29) is 19.5 Å². The van der Waals surface area contributed by atoms with E-state index in [9.17, 15) is 4.79 Å². The molecule has 1 nitrogen and oxygen atoms in total. The number of hydrogen-bond acceptors (Lipinski definition) is 1. The molecule has 0 saturated carbocycles. The van der Waals surface area contributed by atoms with Gasteiger partial charge in [0.25, 0.3) is 0 Å². The molecule has 0 aromatic heterocycles. The third-order valence-electron chi connectivity index (χ3n) is 0.235. The molecule has 0 rings (SSSR count). The minimum absolute atomic E-state index is 0. The molecule has 0 amide bonds. The van der Waals surface area contributed by atoms with E-state index in [0.717, 1.165) is 0 Å². The molecule has 0 aromatic carbocycles. The summed E-state index contributed by atoms with van der Waals surface area (Å²) in [6.45, 7) is 1.68. The maximum Gasteiger partial charge on any atom is 1.00 e. The molecule has 0 aliphatic carbocycles. The Balaban J connectivity index is 0. The van der Waals surface area contributed by atoms with E-state index in [1.165, 1.54) is 6.08 Å². The minimum atomic E-state index is 0. The van der Waals surface area contributed by atoms with Crippen molar-refractivity contribution in [2.75, 3.05) is 0 Å². The van der Waals surface area contributed by atoms with Gasteiger partial charge in [0.1, 0.15) is 0 Å². The van der Waals surface area contributed by atoms with Crippen LogP contribution in [0.5, 0.6) is 0 Å². The molecular formula is C4H5ORu. The van der Waals surface area contributed by atoms with Gasteiger partial charge in [-0.2, -0.15) is 0 Å². The standard InChI is InChI=1S/C4H5O.Ru/c1-2-3-4-5;/h3-4H,1H3;/q-1;+1. The summed E-state index contributed by atoms with van der Waals surface area (Å²) in [5.74, 6) is 0. The van der Waals surface area contributed by atoms with Crippen LogP contribution in [0, 0.1) is 6.08 Å². The first kappa shape index (κ1) is 9.40. The maximum absolute atomic E-state index is 9.29. The maximum atomic E-state index is 9.29. The number of rotatable bonds is 1. The molecule has 0 atom stereocenters. The average Bonchev–Trinajstić information content (AvgIpc) is 1.41. The second-order valence-corrected chi connectivity index (χ2v) is 0.591. The molecule has 0 saturated heterocycles. The quantitative estimate of drug-likeness (QED) is 0.243. The molecule has 6 heavy (non-hydrogen) atoms. The number of allylic oxidation sites excluding steroid dienone is 2. The molecular weight excluding hydrogens is 165 g/mol. The summed E-state index contributed by atoms with van der Waals surface area (Å²) < 4.78 is 0. The van der Waals surface area contributed by atoms with Crippen LogP contribution in [-0.4, -0.2) is 6.29 Å². The van der Waals surface area contributed by atoms with Crippen LogP contribution in [0.4, 0.5) is 0 Å². The molecule has 0 aromatic rings. The summed E-state index contributed by atoms with van der Waals surface area (Å²) in [4.78, 5) is 9.29. The van der Waals surface area contributed by atoms with E-state index in [1.807, 2.05) is 0 Å². The Morgan fingerprint density at radius 1 is 1.67 bits per heavy atom. The Kier molecular flexibility index (Phi) is 13.9. The zero-order valence-corrected chi connectivity index (χ0v) is 5.15. The summed E-state index contributed by atoms with van der Waals surface area (Å²) in [7, 11) is 0. The van der Waals surface area contributed by atoms with E-state index in [2.05, 4.69) is 6.08 Å². The predicted octanol–water partition coefficient (Wildman–Crippen LogP) is 0.562. The number of hydrogen-bond donors (Lipinski definition) is 0. The van der Waals surface area contributed by atoms with Crippen LogP contribution < -0.4 is 0 Å². The Hall–Kier alpha value is 0.0334. The van der Waals surface area contributed by atoms with Gasteiger partial charge in [-0.25, -0.2) is 6.08 Å². The third kappa shape index (κ3) is 8.98. The van der Waals surface area contributed by atoms with Crippen molar-refractivity contribution in [2.24, 2.45) is 0 Å². The van der Waals surface area contributed by atoms with Gasteiger partial charge in [-0.05, 0) is 6.29 Å². The third-order valence-corrected chi connectivity index (χ3v) is 0.235. The van der Waals surface area contributed by atoms with Gasteiger partial charge < -0.3 is 4.79 Å². The Morgan fingerprint density at radius 3 is 2.17 bits per heavy atom. The summed E-state index contributed by atoms with van der Waals surface area (Å²) >= 11 is 0. The largest absolute Gasteiger partial charge is 1.00 e. The van der Waals surface area contributed by atoms with Crippen molar-refractivity contribution in [3.05, 3.63) is 12.2 Å². The van der Waals surface area contributed by atoms with Crippen LogP contribution in [0.3, 0.4) is 0 Å². The van der Waals surface area contributed by atoms with Gasteiger partial charge in [0.2, 0.25) is 0 Å². The number of carbonyl (C=O) groups excluding carboxylic acids is 1. The van der Waals surface area contributed by atoms with Crippen LogP contribution in [-0.2, 0) is 24.3 Å². The second-order valence-electron chi connectivity index (χ2n) is 0.591. The van der Waals surface area contributed by atoms with Gasteiger partial charge in [0, 0.05) is 0 Å². The predicted molar refractivity (Wildman–Crippen MR) is 19.6 cm³/mol. The first-order chi connectivity index (χ1) is 2.41. The van der Waals surface area contributed by atoms with Crippen molar-refractivity contribution in [3.63, 3.8) is 0 Å². The van der Waals surface area contributed by atoms with Crippen molar-refractivity contribution in [3.8, 4) is 0 Å². The van der Waals surface area contributed by atoms with Gasteiger partial charge in [0.15, 0.2) is 0 Å². The van der Waals surface area contributed by atoms with Crippen molar-refractivity contribution >= 4 is 6.29 Å².